The van der Waals surface area contributed by atoms with Crippen LogP contribution in [0.25, 0.3) is 10.9 Å². The van der Waals surface area contributed by atoms with Gasteiger partial charge in [-0.05, 0) is 43.3 Å². The molecule has 2 aromatic carbocycles. The molecule has 0 radical (unpaired) electrons. The van der Waals surface area contributed by atoms with Crippen molar-refractivity contribution < 1.29 is 9.53 Å². The van der Waals surface area contributed by atoms with Gasteiger partial charge in [-0.1, -0.05) is 24.0 Å². The molecule has 26 heavy (non-hydrogen) atoms. The maximum absolute atomic E-state index is 11.6. The number of hydrogen-bond donors (Lipinski definition) is 1. The summed E-state index contributed by atoms with van der Waals surface area (Å²) in [5.74, 6) is 6.72. The quantitative estimate of drug-likeness (QED) is 0.434. The number of nitrogens with zero attached hydrogens (tertiary/aromatic N) is 2. The van der Waals surface area contributed by atoms with Gasteiger partial charge in [0.25, 0.3) is 0 Å². The number of anilines is 1. The third-order valence-corrected chi connectivity index (χ3v) is 3.71. The summed E-state index contributed by atoms with van der Waals surface area (Å²) in [5, 5.41) is 4.29. The summed E-state index contributed by atoms with van der Waals surface area (Å²) in [6.45, 7) is 2.85. The Kier molecular flexibility index (Phi) is 5.79. The lowest BCUT2D eigenvalue weighted by atomic mass is 10.1. The molecule has 0 aliphatic rings. The van der Waals surface area contributed by atoms with Crippen molar-refractivity contribution in [2.45, 2.75) is 13.3 Å². The molecule has 0 aliphatic carbocycles. The number of benzene rings is 2. The molecule has 3 rings (SSSR count). The van der Waals surface area contributed by atoms with Crippen LogP contribution in [0.2, 0.25) is 0 Å². The number of esters is 1. The van der Waals surface area contributed by atoms with Gasteiger partial charge in [0, 0.05) is 23.9 Å². The normalized spacial score (nSPS) is 10.0. The Balaban J connectivity index is 1.55. The number of carbonyl (C=O) groups excluding carboxylic acids is 1. The summed E-state index contributed by atoms with van der Waals surface area (Å²) >= 11 is 0. The lowest BCUT2D eigenvalue weighted by molar-refractivity contribution is 0.0526. The highest BCUT2D eigenvalue weighted by Gasteiger charge is 2.04. The van der Waals surface area contributed by atoms with E-state index in [0.717, 1.165) is 22.3 Å². The highest BCUT2D eigenvalue weighted by Crippen LogP contribution is 2.17. The standard InChI is InChI=1S/C21H19N3O2/c1-2-26-21(25)17-12-10-16(11-13-17)7-5-6-14-22-20-18-8-3-4-9-19(18)23-15-24-20/h3-4,8-13,15H,2,6,14H2,1H3,(H,22,23,24). The molecule has 0 atom stereocenters. The zero-order valence-electron chi connectivity index (χ0n) is 14.5. The summed E-state index contributed by atoms with van der Waals surface area (Å²) in [4.78, 5) is 20.1. The molecule has 0 fully saturated rings. The van der Waals surface area contributed by atoms with E-state index in [9.17, 15) is 4.79 Å². The van der Waals surface area contributed by atoms with Crippen molar-refractivity contribution in [2.75, 3.05) is 18.5 Å². The number of para-hydroxylation sites is 1. The van der Waals surface area contributed by atoms with E-state index in [2.05, 4.69) is 27.1 Å². The zero-order chi connectivity index (χ0) is 18.2. The molecule has 1 heterocycles. The van der Waals surface area contributed by atoms with Crippen molar-refractivity contribution in [1.82, 2.24) is 9.97 Å². The van der Waals surface area contributed by atoms with E-state index in [-0.39, 0.29) is 5.97 Å². The SMILES string of the molecule is CCOC(=O)c1ccc(C#CCCNc2ncnc3ccccc23)cc1. The lowest BCUT2D eigenvalue weighted by Crippen LogP contribution is -2.04. The topological polar surface area (TPSA) is 64.1 Å². The third kappa shape index (κ3) is 4.37. The van der Waals surface area contributed by atoms with Crippen LogP contribution in [0, 0.1) is 11.8 Å². The van der Waals surface area contributed by atoms with Gasteiger partial charge in [-0.2, -0.15) is 0 Å². The Morgan fingerprint density at radius 3 is 2.73 bits per heavy atom. The number of fused-ring (bicyclic) bond motifs is 1. The largest absolute Gasteiger partial charge is 0.462 e. The van der Waals surface area contributed by atoms with Gasteiger partial charge in [0.2, 0.25) is 0 Å². The first kappa shape index (κ1) is 17.4. The smallest absolute Gasteiger partial charge is 0.338 e. The first-order valence-electron chi connectivity index (χ1n) is 8.47. The highest BCUT2D eigenvalue weighted by atomic mass is 16.5. The fourth-order valence-electron chi connectivity index (χ4n) is 2.46. The molecular formula is C21H19N3O2. The van der Waals surface area contributed by atoms with E-state index in [1.165, 1.54) is 0 Å². The minimum absolute atomic E-state index is 0.312. The minimum Gasteiger partial charge on any atom is -0.462 e. The summed E-state index contributed by atoms with van der Waals surface area (Å²) in [6.07, 6.45) is 2.24. The van der Waals surface area contributed by atoms with Crippen LogP contribution in [0.15, 0.2) is 54.9 Å². The van der Waals surface area contributed by atoms with Crippen LogP contribution in [-0.2, 0) is 4.74 Å². The maximum Gasteiger partial charge on any atom is 0.338 e. The maximum atomic E-state index is 11.6. The van der Waals surface area contributed by atoms with Crippen LogP contribution in [0.4, 0.5) is 5.82 Å². The van der Waals surface area contributed by atoms with Gasteiger partial charge in [-0.15, -0.1) is 0 Å². The molecule has 130 valence electrons. The van der Waals surface area contributed by atoms with Gasteiger partial charge < -0.3 is 10.1 Å². The molecule has 5 nitrogen and oxygen atoms in total. The van der Waals surface area contributed by atoms with Crippen LogP contribution >= 0.6 is 0 Å². The van der Waals surface area contributed by atoms with Crippen molar-refractivity contribution in [3.05, 3.63) is 66.0 Å². The van der Waals surface area contributed by atoms with Crippen molar-refractivity contribution >= 4 is 22.7 Å². The minimum atomic E-state index is -0.312. The number of aromatic nitrogens is 2. The molecule has 1 aromatic heterocycles. The van der Waals surface area contributed by atoms with E-state index in [1.54, 1.807) is 25.4 Å². The monoisotopic (exact) mass is 345 g/mol. The second kappa shape index (κ2) is 8.63. The van der Waals surface area contributed by atoms with E-state index >= 15 is 0 Å². The van der Waals surface area contributed by atoms with Gasteiger partial charge >= 0.3 is 5.97 Å². The Morgan fingerprint density at radius 1 is 1.12 bits per heavy atom. The van der Waals surface area contributed by atoms with Crippen LogP contribution in [0.5, 0.6) is 0 Å². The number of hydrogen-bond acceptors (Lipinski definition) is 5. The van der Waals surface area contributed by atoms with E-state index < -0.39 is 0 Å². The molecule has 0 amide bonds. The molecular weight excluding hydrogens is 326 g/mol. The molecule has 0 saturated heterocycles. The Labute approximate surface area is 152 Å². The number of carbonyl (C=O) groups is 1. The van der Waals surface area contributed by atoms with E-state index in [4.69, 9.17) is 4.74 Å². The van der Waals surface area contributed by atoms with Crippen LogP contribution in [-0.4, -0.2) is 29.1 Å². The Hall–Kier alpha value is -3.39. The average molecular weight is 345 g/mol. The molecule has 0 unspecified atom stereocenters. The molecule has 0 aliphatic heterocycles. The fourth-order valence-corrected chi connectivity index (χ4v) is 2.46. The summed E-state index contributed by atoms with van der Waals surface area (Å²) in [5.41, 5.74) is 2.32. The molecule has 1 N–H and O–H groups in total. The second-order valence-electron chi connectivity index (χ2n) is 5.52. The predicted molar refractivity (Wildman–Crippen MR) is 102 cm³/mol. The summed E-state index contributed by atoms with van der Waals surface area (Å²) in [6, 6.07) is 15.0. The number of ether oxygens (including phenoxy) is 1. The predicted octanol–water partition coefficient (Wildman–Crippen LogP) is 3.66. The second-order valence-corrected chi connectivity index (χ2v) is 5.52. The summed E-state index contributed by atoms with van der Waals surface area (Å²) in [7, 11) is 0. The molecule has 0 saturated carbocycles. The first-order valence-corrected chi connectivity index (χ1v) is 8.47. The van der Waals surface area contributed by atoms with Crippen LogP contribution < -0.4 is 5.32 Å². The van der Waals surface area contributed by atoms with Gasteiger partial charge in [0.05, 0.1) is 17.7 Å². The van der Waals surface area contributed by atoms with Crippen LogP contribution in [0.1, 0.15) is 29.3 Å². The van der Waals surface area contributed by atoms with Crippen molar-refractivity contribution in [3.63, 3.8) is 0 Å². The number of nitrogens with one attached hydrogen (secondary N) is 1. The van der Waals surface area contributed by atoms with Crippen LogP contribution in [0.3, 0.4) is 0 Å². The Morgan fingerprint density at radius 2 is 1.92 bits per heavy atom. The molecule has 0 bridgehead atoms. The fraction of sp³-hybridized carbons (Fsp3) is 0.190. The van der Waals surface area contributed by atoms with Crippen molar-refractivity contribution in [2.24, 2.45) is 0 Å². The van der Waals surface area contributed by atoms with E-state index in [1.807, 2.05) is 36.4 Å². The number of rotatable bonds is 5. The molecule has 3 aromatic rings. The van der Waals surface area contributed by atoms with Gasteiger partial charge in [-0.3, -0.25) is 0 Å². The van der Waals surface area contributed by atoms with Crippen molar-refractivity contribution in [3.8, 4) is 11.8 Å². The summed E-state index contributed by atoms with van der Waals surface area (Å²) < 4.78 is 4.96. The van der Waals surface area contributed by atoms with Crippen molar-refractivity contribution in [1.29, 1.82) is 0 Å². The third-order valence-electron chi connectivity index (χ3n) is 3.71. The van der Waals surface area contributed by atoms with E-state index in [0.29, 0.717) is 25.1 Å². The van der Waals surface area contributed by atoms with Gasteiger partial charge in [0.1, 0.15) is 12.1 Å². The first-order chi connectivity index (χ1) is 12.8. The molecule has 5 heteroatoms. The Bertz CT molecular complexity index is 951. The highest BCUT2D eigenvalue weighted by molar-refractivity contribution is 5.89. The lowest BCUT2D eigenvalue weighted by Gasteiger charge is -2.06. The molecule has 0 spiro atoms. The zero-order valence-corrected chi connectivity index (χ0v) is 14.5. The van der Waals surface area contributed by atoms with Gasteiger partial charge in [-0.25, -0.2) is 14.8 Å². The average Bonchev–Trinajstić information content (AvgIpc) is 2.68. The van der Waals surface area contributed by atoms with Gasteiger partial charge in [0.15, 0.2) is 0 Å².